The molecule has 1 unspecified atom stereocenters. The summed E-state index contributed by atoms with van der Waals surface area (Å²) in [4.78, 5) is 23.5. The molecule has 0 spiro atoms. The van der Waals surface area contributed by atoms with E-state index in [9.17, 15) is 9.59 Å². The fourth-order valence-electron chi connectivity index (χ4n) is 3.00. The van der Waals surface area contributed by atoms with Crippen LogP contribution in [0.1, 0.15) is 37.8 Å². The summed E-state index contributed by atoms with van der Waals surface area (Å²) < 4.78 is 5.47. The number of carbonyl (C=O) groups is 2. The normalized spacial score (nSPS) is 19.4. The van der Waals surface area contributed by atoms with Gasteiger partial charge in [-0.25, -0.2) is 0 Å². The summed E-state index contributed by atoms with van der Waals surface area (Å²) in [5.74, 6) is -1.15. The van der Waals surface area contributed by atoms with Gasteiger partial charge < -0.3 is 20.9 Å². The van der Waals surface area contributed by atoms with Crippen molar-refractivity contribution in [2.24, 2.45) is 11.7 Å². The number of hydrogen-bond acceptors (Lipinski definition) is 5. The van der Waals surface area contributed by atoms with Crippen LogP contribution in [0.25, 0.3) is 0 Å². The number of hydrogen-bond donors (Lipinski definition) is 3. The summed E-state index contributed by atoms with van der Waals surface area (Å²) in [7, 11) is 0. The molecule has 2 rings (SSSR count). The van der Waals surface area contributed by atoms with Crippen LogP contribution in [-0.4, -0.2) is 35.2 Å². The lowest BCUT2D eigenvalue weighted by Crippen LogP contribution is -2.47. The topological polar surface area (TPSA) is 102 Å². The lowest BCUT2D eigenvalue weighted by atomic mass is 9.95. The van der Waals surface area contributed by atoms with Gasteiger partial charge in [-0.3, -0.25) is 9.59 Å². The zero-order chi connectivity index (χ0) is 17.7. The van der Waals surface area contributed by atoms with Crippen LogP contribution < -0.4 is 11.1 Å². The molecule has 6 heteroatoms. The number of carboxylic acids is 1. The van der Waals surface area contributed by atoms with Crippen LogP contribution in [0, 0.1) is 5.92 Å². The summed E-state index contributed by atoms with van der Waals surface area (Å²) in [5, 5.41) is 12.2. The molecule has 24 heavy (non-hydrogen) atoms. The van der Waals surface area contributed by atoms with E-state index in [1.54, 1.807) is 0 Å². The molecule has 0 fully saturated rings. The number of esters is 1. The van der Waals surface area contributed by atoms with Gasteiger partial charge in [0.05, 0.1) is 6.42 Å². The van der Waals surface area contributed by atoms with Crippen LogP contribution in [-0.2, 0) is 27.3 Å². The number of aliphatic carboxylic acids is 1. The number of benzene rings is 1. The molecule has 132 valence electrons. The molecule has 0 aromatic heterocycles. The van der Waals surface area contributed by atoms with Gasteiger partial charge in [0.15, 0.2) is 0 Å². The lowest BCUT2D eigenvalue weighted by molar-refractivity contribution is -0.156. The van der Waals surface area contributed by atoms with E-state index in [0.29, 0.717) is 25.3 Å². The third-order valence-corrected chi connectivity index (χ3v) is 4.23. The quantitative estimate of drug-likeness (QED) is 0.653. The molecule has 0 radical (unpaired) electrons. The standard InChI is InChI=1S/C18H26N2O4/c1-11(2)7-14(19)16(9-17(21)22)24-18(23)15-8-12-5-3-4-6-13(12)10-20-15/h3-6,11,14-16,20H,7-10,19H2,1-2H3,(H,21,22)/t14-,15?,16-/m0/s1. The van der Waals surface area contributed by atoms with E-state index in [0.717, 1.165) is 5.56 Å². The Balaban J connectivity index is 2.01. The maximum absolute atomic E-state index is 12.5. The highest BCUT2D eigenvalue weighted by atomic mass is 16.5. The van der Waals surface area contributed by atoms with Crippen molar-refractivity contribution in [2.45, 2.75) is 57.8 Å². The molecule has 0 aliphatic carbocycles. The minimum absolute atomic E-state index is 0.275. The van der Waals surface area contributed by atoms with E-state index >= 15 is 0 Å². The van der Waals surface area contributed by atoms with Crippen LogP contribution in [0.5, 0.6) is 0 Å². The molecule has 0 saturated heterocycles. The molecule has 1 aliphatic rings. The van der Waals surface area contributed by atoms with Crippen LogP contribution in [0.3, 0.4) is 0 Å². The molecule has 1 aromatic carbocycles. The molecule has 1 aromatic rings. The number of carbonyl (C=O) groups excluding carboxylic acids is 1. The first-order valence-corrected chi connectivity index (χ1v) is 8.34. The van der Waals surface area contributed by atoms with Gasteiger partial charge in [-0.2, -0.15) is 0 Å². The van der Waals surface area contributed by atoms with E-state index in [1.807, 2.05) is 38.1 Å². The average molecular weight is 334 g/mol. The van der Waals surface area contributed by atoms with Gasteiger partial charge in [0.2, 0.25) is 0 Å². The number of nitrogens with two attached hydrogens (primary N) is 1. The zero-order valence-electron chi connectivity index (χ0n) is 14.2. The predicted molar refractivity (Wildman–Crippen MR) is 90.3 cm³/mol. The second-order valence-corrected chi connectivity index (χ2v) is 6.77. The first kappa shape index (κ1) is 18.4. The highest BCUT2D eigenvalue weighted by molar-refractivity contribution is 5.77. The van der Waals surface area contributed by atoms with Crippen LogP contribution >= 0.6 is 0 Å². The van der Waals surface area contributed by atoms with Crippen molar-refractivity contribution in [3.05, 3.63) is 35.4 Å². The Bertz CT molecular complexity index is 588. The second kappa shape index (κ2) is 8.26. The molecule has 0 bridgehead atoms. The minimum Gasteiger partial charge on any atom is -0.481 e. The van der Waals surface area contributed by atoms with E-state index < -0.39 is 30.1 Å². The van der Waals surface area contributed by atoms with Crippen molar-refractivity contribution < 1.29 is 19.4 Å². The zero-order valence-corrected chi connectivity index (χ0v) is 14.2. The van der Waals surface area contributed by atoms with Crippen LogP contribution in [0.4, 0.5) is 0 Å². The SMILES string of the molecule is CC(C)C[C@H](N)[C@H](CC(=O)O)OC(=O)C1Cc2ccccc2CN1. The minimum atomic E-state index is -1.02. The highest BCUT2D eigenvalue weighted by Crippen LogP contribution is 2.19. The van der Waals surface area contributed by atoms with Crippen molar-refractivity contribution in [1.82, 2.24) is 5.32 Å². The molecule has 0 amide bonds. The number of carboxylic acid groups (broad SMARTS) is 1. The lowest BCUT2D eigenvalue weighted by Gasteiger charge is -2.29. The predicted octanol–water partition coefficient (Wildman–Crippen LogP) is 1.46. The van der Waals surface area contributed by atoms with Gasteiger partial charge in [0.25, 0.3) is 0 Å². The van der Waals surface area contributed by atoms with E-state index in [4.69, 9.17) is 15.6 Å². The van der Waals surface area contributed by atoms with Crippen molar-refractivity contribution in [3.8, 4) is 0 Å². The number of nitrogens with one attached hydrogen (secondary N) is 1. The smallest absolute Gasteiger partial charge is 0.323 e. The summed E-state index contributed by atoms with van der Waals surface area (Å²) >= 11 is 0. The monoisotopic (exact) mass is 334 g/mol. The van der Waals surface area contributed by atoms with Crippen LogP contribution in [0.2, 0.25) is 0 Å². The van der Waals surface area contributed by atoms with Gasteiger partial charge in [0.1, 0.15) is 12.1 Å². The largest absolute Gasteiger partial charge is 0.481 e. The highest BCUT2D eigenvalue weighted by Gasteiger charge is 2.31. The first-order valence-electron chi connectivity index (χ1n) is 8.34. The van der Waals surface area contributed by atoms with Crippen molar-refractivity contribution in [2.75, 3.05) is 0 Å². The number of ether oxygens (including phenoxy) is 1. The molecule has 1 aliphatic heterocycles. The summed E-state index contributed by atoms with van der Waals surface area (Å²) in [6.45, 7) is 4.59. The van der Waals surface area contributed by atoms with E-state index in [1.165, 1.54) is 5.56 Å². The number of rotatable bonds is 7. The Labute approximate surface area is 142 Å². The van der Waals surface area contributed by atoms with Crippen molar-refractivity contribution in [3.63, 3.8) is 0 Å². The molecular weight excluding hydrogens is 308 g/mol. The van der Waals surface area contributed by atoms with Gasteiger partial charge in [-0.05, 0) is 29.9 Å². The number of fused-ring (bicyclic) bond motifs is 1. The molecule has 1 heterocycles. The Morgan fingerprint density at radius 2 is 2.00 bits per heavy atom. The van der Waals surface area contributed by atoms with Crippen LogP contribution in [0.15, 0.2) is 24.3 Å². The fraction of sp³-hybridized carbons (Fsp3) is 0.556. The van der Waals surface area contributed by atoms with Gasteiger partial charge in [-0.15, -0.1) is 0 Å². The van der Waals surface area contributed by atoms with E-state index in [-0.39, 0.29) is 6.42 Å². The fourth-order valence-corrected chi connectivity index (χ4v) is 3.00. The van der Waals surface area contributed by atoms with Gasteiger partial charge >= 0.3 is 11.9 Å². The van der Waals surface area contributed by atoms with Crippen molar-refractivity contribution >= 4 is 11.9 Å². The Hall–Kier alpha value is -1.92. The molecule has 3 atom stereocenters. The maximum atomic E-state index is 12.5. The van der Waals surface area contributed by atoms with E-state index in [2.05, 4.69) is 5.32 Å². The molecular formula is C18H26N2O4. The summed E-state index contributed by atoms with van der Waals surface area (Å²) in [6, 6.07) is 6.97. The Morgan fingerprint density at radius 1 is 1.33 bits per heavy atom. The third kappa shape index (κ3) is 5.04. The van der Waals surface area contributed by atoms with Crippen molar-refractivity contribution in [1.29, 1.82) is 0 Å². The van der Waals surface area contributed by atoms with Gasteiger partial charge in [0, 0.05) is 12.6 Å². The molecule has 6 nitrogen and oxygen atoms in total. The maximum Gasteiger partial charge on any atom is 0.323 e. The Morgan fingerprint density at radius 3 is 2.62 bits per heavy atom. The average Bonchev–Trinajstić information content (AvgIpc) is 2.52. The third-order valence-electron chi connectivity index (χ3n) is 4.23. The summed E-state index contributed by atoms with van der Waals surface area (Å²) in [5.41, 5.74) is 8.34. The van der Waals surface area contributed by atoms with Gasteiger partial charge in [-0.1, -0.05) is 38.1 Å². The Kier molecular flexibility index (Phi) is 6.34. The summed E-state index contributed by atoms with van der Waals surface area (Å²) in [6.07, 6.45) is 0.0555. The molecule has 0 saturated carbocycles. The molecule has 4 N–H and O–H groups in total. The first-order chi connectivity index (χ1) is 11.4. The second-order valence-electron chi connectivity index (χ2n) is 6.77.